The number of benzene rings is 1. The highest BCUT2D eigenvalue weighted by Gasteiger charge is 2.12. The van der Waals surface area contributed by atoms with Crippen LogP contribution in [-0.2, 0) is 6.42 Å². The Labute approximate surface area is 115 Å². The first-order valence-corrected chi connectivity index (χ1v) is 7.36. The van der Waals surface area contributed by atoms with E-state index in [0.29, 0.717) is 12.5 Å². The van der Waals surface area contributed by atoms with Gasteiger partial charge in [-0.1, -0.05) is 28.1 Å². The van der Waals surface area contributed by atoms with Gasteiger partial charge < -0.3 is 5.73 Å². The van der Waals surface area contributed by atoms with Gasteiger partial charge in [0.1, 0.15) is 0 Å². The van der Waals surface area contributed by atoms with E-state index in [0.717, 1.165) is 10.9 Å². The third-order valence-electron chi connectivity index (χ3n) is 3.03. The second kappa shape index (κ2) is 5.80. The van der Waals surface area contributed by atoms with E-state index in [2.05, 4.69) is 58.6 Å². The number of rotatable bonds is 4. The van der Waals surface area contributed by atoms with Gasteiger partial charge in [0.25, 0.3) is 0 Å². The largest absolute Gasteiger partial charge is 0.330 e. The van der Waals surface area contributed by atoms with E-state index in [4.69, 9.17) is 5.73 Å². The lowest BCUT2D eigenvalue weighted by atomic mass is 9.94. The zero-order valence-electron chi connectivity index (χ0n) is 9.82. The maximum Gasteiger partial charge on any atom is 0.0175 e. The van der Waals surface area contributed by atoms with Crippen molar-refractivity contribution in [3.63, 3.8) is 0 Å². The highest BCUT2D eigenvalue weighted by atomic mass is 79.9. The Bertz CT molecular complexity index is 475. The minimum absolute atomic E-state index is 0.417. The number of thiophene rings is 1. The summed E-state index contributed by atoms with van der Waals surface area (Å²) in [5, 5.41) is 2.15. The second-order valence-corrected chi connectivity index (χ2v) is 6.13. The number of hydrogen-bond donors (Lipinski definition) is 1. The van der Waals surface area contributed by atoms with Gasteiger partial charge in [-0.2, -0.15) is 0 Å². The van der Waals surface area contributed by atoms with Crippen molar-refractivity contribution in [1.82, 2.24) is 0 Å². The SMILES string of the molecule is Cc1ccsc1CC(CN)c1ccc(Br)cc1. The molecule has 0 saturated heterocycles. The summed E-state index contributed by atoms with van der Waals surface area (Å²) in [6.07, 6.45) is 1.04. The molecule has 1 aromatic carbocycles. The van der Waals surface area contributed by atoms with Gasteiger partial charge in [0, 0.05) is 15.3 Å². The zero-order valence-corrected chi connectivity index (χ0v) is 12.2. The summed E-state index contributed by atoms with van der Waals surface area (Å²) in [5.74, 6) is 0.417. The summed E-state index contributed by atoms with van der Waals surface area (Å²) in [6, 6.07) is 10.7. The fraction of sp³-hybridized carbons (Fsp3) is 0.286. The maximum absolute atomic E-state index is 5.90. The third-order valence-corrected chi connectivity index (χ3v) is 4.60. The van der Waals surface area contributed by atoms with Crippen LogP contribution in [0.2, 0.25) is 0 Å². The van der Waals surface area contributed by atoms with Gasteiger partial charge in [-0.3, -0.25) is 0 Å². The Kier molecular flexibility index (Phi) is 4.37. The van der Waals surface area contributed by atoms with Gasteiger partial charge >= 0.3 is 0 Å². The molecule has 2 aromatic rings. The van der Waals surface area contributed by atoms with Crippen LogP contribution in [0.3, 0.4) is 0 Å². The number of hydrogen-bond acceptors (Lipinski definition) is 2. The Hall–Kier alpha value is -0.640. The van der Waals surface area contributed by atoms with Gasteiger partial charge in [0.2, 0.25) is 0 Å². The first kappa shape index (κ1) is 12.8. The lowest BCUT2D eigenvalue weighted by Gasteiger charge is -2.15. The van der Waals surface area contributed by atoms with Gasteiger partial charge in [-0.05, 0) is 54.6 Å². The van der Waals surface area contributed by atoms with E-state index in [-0.39, 0.29) is 0 Å². The Morgan fingerprint density at radius 1 is 1.24 bits per heavy atom. The Balaban J connectivity index is 2.17. The van der Waals surface area contributed by atoms with Crippen LogP contribution in [0, 0.1) is 6.92 Å². The molecule has 1 unspecified atom stereocenters. The summed E-state index contributed by atoms with van der Waals surface area (Å²) < 4.78 is 1.12. The average Bonchev–Trinajstić information content (AvgIpc) is 2.73. The molecule has 0 aliphatic carbocycles. The molecule has 2 rings (SSSR count). The zero-order chi connectivity index (χ0) is 12.3. The average molecular weight is 310 g/mol. The topological polar surface area (TPSA) is 26.0 Å². The molecule has 1 nitrogen and oxygen atoms in total. The van der Waals surface area contributed by atoms with Gasteiger partial charge in [0.05, 0.1) is 0 Å². The van der Waals surface area contributed by atoms with E-state index in [1.165, 1.54) is 16.0 Å². The van der Waals surface area contributed by atoms with Crippen molar-refractivity contribution < 1.29 is 0 Å². The Morgan fingerprint density at radius 2 is 1.94 bits per heavy atom. The van der Waals surface area contributed by atoms with Crippen molar-refractivity contribution in [2.24, 2.45) is 5.73 Å². The van der Waals surface area contributed by atoms with Crippen LogP contribution in [0.1, 0.15) is 21.9 Å². The van der Waals surface area contributed by atoms with Crippen molar-refractivity contribution in [1.29, 1.82) is 0 Å². The number of aryl methyl sites for hydroxylation is 1. The monoisotopic (exact) mass is 309 g/mol. The summed E-state index contributed by atoms with van der Waals surface area (Å²) >= 11 is 5.29. The van der Waals surface area contributed by atoms with Crippen molar-refractivity contribution >= 4 is 27.3 Å². The quantitative estimate of drug-likeness (QED) is 0.904. The molecule has 0 saturated carbocycles. The molecule has 1 heterocycles. The summed E-state index contributed by atoms with van der Waals surface area (Å²) in [7, 11) is 0. The molecule has 0 fully saturated rings. The number of nitrogens with two attached hydrogens (primary N) is 1. The van der Waals surface area contributed by atoms with E-state index >= 15 is 0 Å². The molecule has 0 radical (unpaired) electrons. The molecule has 0 spiro atoms. The van der Waals surface area contributed by atoms with Gasteiger partial charge in [-0.15, -0.1) is 11.3 Å². The number of halogens is 1. The van der Waals surface area contributed by atoms with Crippen molar-refractivity contribution in [2.75, 3.05) is 6.54 Å². The summed E-state index contributed by atoms with van der Waals surface area (Å²) in [5.41, 5.74) is 8.61. The molecule has 90 valence electrons. The van der Waals surface area contributed by atoms with Crippen molar-refractivity contribution in [3.8, 4) is 0 Å². The van der Waals surface area contributed by atoms with Crippen LogP contribution in [0.4, 0.5) is 0 Å². The van der Waals surface area contributed by atoms with Gasteiger partial charge in [0.15, 0.2) is 0 Å². The fourth-order valence-electron chi connectivity index (χ4n) is 1.91. The van der Waals surface area contributed by atoms with Crippen LogP contribution in [0.5, 0.6) is 0 Å². The second-order valence-electron chi connectivity index (χ2n) is 4.22. The van der Waals surface area contributed by atoms with Crippen molar-refractivity contribution in [2.45, 2.75) is 19.3 Å². The molecule has 0 aliphatic heterocycles. The molecule has 1 atom stereocenters. The first-order chi connectivity index (χ1) is 8.20. The molecule has 17 heavy (non-hydrogen) atoms. The lowest BCUT2D eigenvalue weighted by molar-refractivity contribution is 0.699. The molecule has 0 amide bonds. The highest BCUT2D eigenvalue weighted by molar-refractivity contribution is 9.10. The maximum atomic E-state index is 5.90. The van der Waals surface area contributed by atoms with Crippen LogP contribution < -0.4 is 5.73 Å². The van der Waals surface area contributed by atoms with E-state index in [9.17, 15) is 0 Å². The predicted octanol–water partition coefficient (Wildman–Crippen LogP) is 4.10. The van der Waals surface area contributed by atoms with E-state index in [1.54, 1.807) is 0 Å². The van der Waals surface area contributed by atoms with Crippen molar-refractivity contribution in [3.05, 3.63) is 56.2 Å². The molecule has 0 aliphatic rings. The normalized spacial score (nSPS) is 12.6. The molecule has 2 N–H and O–H groups in total. The molecule has 0 bridgehead atoms. The molecular formula is C14H16BrNS. The fourth-order valence-corrected chi connectivity index (χ4v) is 3.16. The third kappa shape index (κ3) is 3.18. The molecular weight excluding hydrogens is 294 g/mol. The first-order valence-electron chi connectivity index (χ1n) is 5.69. The van der Waals surface area contributed by atoms with Crippen LogP contribution in [-0.4, -0.2) is 6.54 Å². The highest BCUT2D eigenvalue weighted by Crippen LogP contribution is 2.26. The van der Waals surface area contributed by atoms with Crippen LogP contribution in [0.15, 0.2) is 40.2 Å². The molecule has 1 aromatic heterocycles. The minimum atomic E-state index is 0.417. The summed E-state index contributed by atoms with van der Waals surface area (Å²) in [4.78, 5) is 1.45. The Morgan fingerprint density at radius 3 is 2.47 bits per heavy atom. The van der Waals surface area contributed by atoms with Crippen LogP contribution >= 0.6 is 27.3 Å². The minimum Gasteiger partial charge on any atom is -0.330 e. The molecule has 3 heteroatoms. The standard InChI is InChI=1S/C14H16BrNS/c1-10-6-7-17-14(10)8-12(9-16)11-2-4-13(15)5-3-11/h2-7,12H,8-9,16H2,1H3. The van der Waals surface area contributed by atoms with E-state index in [1.807, 2.05) is 11.3 Å². The lowest BCUT2D eigenvalue weighted by Crippen LogP contribution is -2.14. The summed E-state index contributed by atoms with van der Waals surface area (Å²) in [6.45, 7) is 2.86. The van der Waals surface area contributed by atoms with Crippen LogP contribution in [0.25, 0.3) is 0 Å². The predicted molar refractivity (Wildman–Crippen MR) is 78.7 cm³/mol. The smallest absolute Gasteiger partial charge is 0.0175 e. The van der Waals surface area contributed by atoms with Gasteiger partial charge in [-0.25, -0.2) is 0 Å². The van der Waals surface area contributed by atoms with E-state index < -0.39 is 0 Å².